The highest BCUT2D eigenvalue weighted by molar-refractivity contribution is 14.0. The number of guanidine groups is 1. The molecule has 2 rings (SSSR count). The van der Waals surface area contributed by atoms with Crippen LogP contribution in [0.2, 0.25) is 0 Å². The lowest BCUT2D eigenvalue weighted by Gasteiger charge is -2.25. The van der Waals surface area contributed by atoms with E-state index in [-0.39, 0.29) is 24.0 Å². The van der Waals surface area contributed by atoms with Crippen molar-refractivity contribution < 1.29 is 0 Å². The number of aryl methyl sites for hydroxylation is 2. The molecule has 3 N–H and O–H groups in total. The first kappa shape index (κ1) is 25.4. The minimum Gasteiger partial charge on any atom is -0.357 e. The van der Waals surface area contributed by atoms with Crippen LogP contribution < -0.4 is 10.6 Å². The summed E-state index contributed by atoms with van der Waals surface area (Å²) in [5, 5.41) is 13.9. The third-order valence-electron chi connectivity index (χ3n) is 5.03. The van der Waals surface area contributed by atoms with Crippen LogP contribution in [0, 0.1) is 6.92 Å². The summed E-state index contributed by atoms with van der Waals surface area (Å²) < 4.78 is 0. The number of hydrogen-bond acceptors (Lipinski definition) is 3. The number of benzene rings is 1. The van der Waals surface area contributed by atoms with Gasteiger partial charge < -0.3 is 10.6 Å². The van der Waals surface area contributed by atoms with Crippen molar-refractivity contribution in [2.75, 3.05) is 26.7 Å². The van der Waals surface area contributed by atoms with Gasteiger partial charge in [0, 0.05) is 37.9 Å². The molecule has 2 aromatic rings. The van der Waals surface area contributed by atoms with Crippen molar-refractivity contribution in [1.82, 2.24) is 25.7 Å². The smallest absolute Gasteiger partial charge is 0.191 e. The van der Waals surface area contributed by atoms with Crippen molar-refractivity contribution >= 4 is 29.9 Å². The van der Waals surface area contributed by atoms with E-state index in [1.54, 1.807) is 0 Å². The van der Waals surface area contributed by atoms with Crippen LogP contribution in [-0.2, 0) is 13.0 Å². The summed E-state index contributed by atoms with van der Waals surface area (Å²) in [6.07, 6.45) is 5.01. The molecule has 0 bridgehead atoms. The SMILES string of the molecule is CCNC(=NCCCc1cn[nH]c1C)NCCC(C)N(C)Cc1ccccc1.I. The second kappa shape index (κ2) is 14.4. The van der Waals surface area contributed by atoms with Crippen LogP contribution in [-0.4, -0.2) is 53.8 Å². The molecule has 0 saturated carbocycles. The zero-order valence-electron chi connectivity index (χ0n) is 18.2. The minimum atomic E-state index is 0. The number of aromatic nitrogens is 2. The lowest BCUT2D eigenvalue weighted by Crippen LogP contribution is -2.40. The lowest BCUT2D eigenvalue weighted by molar-refractivity contribution is 0.238. The third-order valence-corrected chi connectivity index (χ3v) is 5.03. The molecule has 0 aliphatic rings. The number of rotatable bonds is 11. The van der Waals surface area contributed by atoms with Gasteiger partial charge in [0.2, 0.25) is 0 Å². The molecule has 1 heterocycles. The van der Waals surface area contributed by atoms with Gasteiger partial charge in [-0.05, 0) is 58.2 Å². The Balaban J connectivity index is 0.00000420. The Labute approximate surface area is 193 Å². The first-order valence-corrected chi connectivity index (χ1v) is 10.3. The quantitative estimate of drug-likeness (QED) is 0.186. The third kappa shape index (κ3) is 9.62. The molecule has 0 spiro atoms. The zero-order chi connectivity index (χ0) is 20.2. The highest BCUT2D eigenvalue weighted by Crippen LogP contribution is 2.08. The van der Waals surface area contributed by atoms with Gasteiger partial charge in [-0.15, -0.1) is 24.0 Å². The van der Waals surface area contributed by atoms with E-state index in [1.165, 1.54) is 11.1 Å². The molecule has 1 aromatic heterocycles. The van der Waals surface area contributed by atoms with Crippen molar-refractivity contribution in [3.8, 4) is 0 Å². The summed E-state index contributed by atoms with van der Waals surface area (Å²) in [7, 11) is 2.19. The second-order valence-electron chi connectivity index (χ2n) is 7.35. The van der Waals surface area contributed by atoms with Gasteiger partial charge >= 0.3 is 0 Å². The molecular weight excluding hydrogens is 475 g/mol. The van der Waals surface area contributed by atoms with Crippen LogP contribution in [0.1, 0.15) is 43.5 Å². The van der Waals surface area contributed by atoms with E-state index >= 15 is 0 Å². The van der Waals surface area contributed by atoms with E-state index in [0.29, 0.717) is 6.04 Å². The number of H-pyrrole nitrogens is 1. The highest BCUT2D eigenvalue weighted by atomic mass is 127. The highest BCUT2D eigenvalue weighted by Gasteiger charge is 2.09. The normalized spacial score (nSPS) is 12.5. The average Bonchev–Trinajstić information content (AvgIpc) is 3.10. The van der Waals surface area contributed by atoms with E-state index < -0.39 is 0 Å². The summed E-state index contributed by atoms with van der Waals surface area (Å²) >= 11 is 0. The average molecular weight is 512 g/mol. The van der Waals surface area contributed by atoms with Crippen LogP contribution in [0.5, 0.6) is 0 Å². The second-order valence-corrected chi connectivity index (χ2v) is 7.35. The zero-order valence-corrected chi connectivity index (χ0v) is 20.6. The maximum Gasteiger partial charge on any atom is 0.191 e. The molecule has 0 aliphatic heterocycles. The number of halogens is 1. The number of aromatic amines is 1. The summed E-state index contributed by atoms with van der Waals surface area (Å²) in [6.45, 7) is 10.0. The van der Waals surface area contributed by atoms with Crippen molar-refractivity contribution in [2.45, 2.75) is 52.6 Å². The fourth-order valence-corrected chi connectivity index (χ4v) is 3.08. The molecule has 6 nitrogen and oxygen atoms in total. The largest absolute Gasteiger partial charge is 0.357 e. The predicted molar refractivity (Wildman–Crippen MR) is 133 cm³/mol. The van der Waals surface area contributed by atoms with Crippen LogP contribution in [0.15, 0.2) is 41.5 Å². The Kier molecular flexibility index (Phi) is 12.6. The van der Waals surface area contributed by atoms with E-state index in [1.807, 2.05) is 6.20 Å². The molecule has 0 saturated heterocycles. The van der Waals surface area contributed by atoms with Gasteiger partial charge in [-0.3, -0.25) is 15.0 Å². The van der Waals surface area contributed by atoms with Gasteiger partial charge in [0.05, 0.1) is 6.20 Å². The first-order chi connectivity index (χ1) is 13.6. The van der Waals surface area contributed by atoms with Gasteiger partial charge in [0.15, 0.2) is 5.96 Å². The van der Waals surface area contributed by atoms with Crippen molar-refractivity contribution in [2.24, 2.45) is 4.99 Å². The summed E-state index contributed by atoms with van der Waals surface area (Å²) in [4.78, 5) is 7.10. The first-order valence-electron chi connectivity index (χ1n) is 10.3. The fourth-order valence-electron chi connectivity index (χ4n) is 3.08. The summed E-state index contributed by atoms with van der Waals surface area (Å²) in [6, 6.07) is 11.1. The van der Waals surface area contributed by atoms with Crippen molar-refractivity contribution in [3.63, 3.8) is 0 Å². The Morgan fingerprint density at radius 2 is 2.00 bits per heavy atom. The maximum absolute atomic E-state index is 4.70. The maximum atomic E-state index is 4.70. The van der Waals surface area contributed by atoms with E-state index in [2.05, 4.69) is 83.9 Å². The molecule has 7 heteroatoms. The van der Waals surface area contributed by atoms with Crippen LogP contribution in [0.4, 0.5) is 0 Å². The monoisotopic (exact) mass is 512 g/mol. The van der Waals surface area contributed by atoms with Gasteiger partial charge in [-0.2, -0.15) is 5.10 Å². The number of nitrogens with one attached hydrogen (secondary N) is 3. The van der Waals surface area contributed by atoms with E-state index in [4.69, 9.17) is 4.99 Å². The molecule has 1 atom stereocenters. The number of aliphatic imine (C=N–C) groups is 1. The van der Waals surface area contributed by atoms with E-state index in [0.717, 1.165) is 57.1 Å². The molecule has 0 aliphatic carbocycles. The topological polar surface area (TPSA) is 68.3 Å². The van der Waals surface area contributed by atoms with Crippen LogP contribution in [0.3, 0.4) is 0 Å². The lowest BCUT2D eigenvalue weighted by atomic mass is 10.1. The van der Waals surface area contributed by atoms with Crippen molar-refractivity contribution in [3.05, 3.63) is 53.3 Å². The summed E-state index contributed by atoms with van der Waals surface area (Å²) in [5.41, 5.74) is 3.79. The number of hydrogen-bond donors (Lipinski definition) is 3. The molecule has 1 unspecified atom stereocenters. The predicted octanol–water partition coefficient (Wildman–Crippen LogP) is 3.73. The molecule has 0 fully saturated rings. The van der Waals surface area contributed by atoms with Crippen molar-refractivity contribution in [1.29, 1.82) is 0 Å². The van der Waals surface area contributed by atoms with E-state index in [9.17, 15) is 0 Å². The Morgan fingerprint density at radius 1 is 1.24 bits per heavy atom. The van der Waals surface area contributed by atoms with Gasteiger partial charge in [0.1, 0.15) is 0 Å². The Hall–Kier alpha value is -1.61. The fraction of sp³-hybridized carbons (Fsp3) is 0.545. The molecule has 0 amide bonds. The Bertz CT molecular complexity index is 700. The van der Waals surface area contributed by atoms with Gasteiger partial charge in [0.25, 0.3) is 0 Å². The standard InChI is InChI=1S/C22H36N6.HI/c1-5-23-22(24-14-9-12-21-16-26-27-19(21)3)25-15-13-18(2)28(4)17-20-10-7-6-8-11-20;/h6-8,10-11,16,18H,5,9,12-15,17H2,1-4H3,(H,26,27)(H2,23,24,25);1H. The number of nitrogens with zero attached hydrogens (tertiary/aromatic N) is 3. The molecule has 29 heavy (non-hydrogen) atoms. The molecule has 1 aromatic carbocycles. The minimum absolute atomic E-state index is 0. The molecule has 0 radical (unpaired) electrons. The van der Waals surface area contributed by atoms with Gasteiger partial charge in [-0.1, -0.05) is 30.3 Å². The summed E-state index contributed by atoms with van der Waals surface area (Å²) in [5.74, 6) is 0.907. The molecule has 162 valence electrons. The Morgan fingerprint density at radius 3 is 2.66 bits per heavy atom. The molecular formula is C22H37IN6. The van der Waals surface area contributed by atoms with Gasteiger partial charge in [-0.25, -0.2) is 0 Å². The van der Waals surface area contributed by atoms with Crippen LogP contribution in [0.25, 0.3) is 0 Å². The van der Waals surface area contributed by atoms with Crippen LogP contribution >= 0.6 is 24.0 Å².